The van der Waals surface area contributed by atoms with Gasteiger partial charge in [-0.05, 0) is 25.0 Å². The zero-order chi connectivity index (χ0) is 10.1. The Balaban J connectivity index is 1.69. The lowest BCUT2D eigenvalue weighted by Gasteiger charge is -1.97. The van der Waals surface area contributed by atoms with Crippen molar-refractivity contribution in [3.8, 4) is 11.6 Å². The summed E-state index contributed by atoms with van der Waals surface area (Å²) in [4.78, 5) is 7.50. The lowest BCUT2D eigenvalue weighted by atomic mass is 10.4. The molecule has 0 unspecified atom stereocenters. The van der Waals surface area contributed by atoms with E-state index in [0.717, 1.165) is 29.9 Å². The predicted molar refractivity (Wildman–Crippen MR) is 56.2 cm³/mol. The van der Waals surface area contributed by atoms with Crippen LogP contribution in [0.1, 0.15) is 18.5 Å². The van der Waals surface area contributed by atoms with Crippen LogP contribution < -0.4 is 5.32 Å². The number of imidazole rings is 1. The van der Waals surface area contributed by atoms with E-state index >= 15 is 0 Å². The summed E-state index contributed by atoms with van der Waals surface area (Å²) in [6, 6.07) is 4.48. The molecule has 0 saturated heterocycles. The molecular weight excluding hydrogens is 190 g/mol. The maximum absolute atomic E-state index is 5.26. The number of nitrogens with zero attached hydrogens (tertiary/aromatic N) is 1. The average Bonchev–Trinajstić information content (AvgIpc) is 2.78. The molecule has 0 bridgehead atoms. The predicted octanol–water partition coefficient (Wildman–Crippen LogP) is 1.92. The van der Waals surface area contributed by atoms with Crippen molar-refractivity contribution in [1.82, 2.24) is 15.3 Å². The quantitative estimate of drug-likeness (QED) is 0.798. The minimum atomic E-state index is 0.723. The first kappa shape index (κ1) is 8.73. The van der Waals surface area contributed by atoms with Gasteiger partial charge in [0, 0.05) is 18.3 Å². The van der Waals surface area contributed by atoms with Crippen molar-refractivity contribution in [2.75, 3.05) is 0 Å². The zero-order valence-electron chi connectivity index (χ0n) is 8.36. The van der Waals surface area contributed by atoms with Crippen LogP contribution in [0.15, 0.2) is 29.0 Å². The van der Waals surface area contributed by atoms with Crippen molar-refractivity contribution in [3.05, 3.63) is 30.3 Å². The normalized spacial score (nSPS) is 15.7. The van der Waals surface area contributed by atoms with Crippen molar-refractivity contribution >= 4 is 0 Å². The number of nitrogens with one attached hydrogen (secondary N) is 2. The molecule has 15 heavy (non-hydrogen) atoms. The van der Waals surface area contributed by atoms with Crippen LogP contribution in [0.5, 0.6) is 0 Å². The smallest absolute Gasteiger partial charge is 0.173 e. The van der Waals surface area contributed by atoms with E-state index in [2.05, 4.69) is 15.3 Å². The van der Waals surface area contributed by atoms with Crippen LogP contribution in [0.3, 0.4) is 0 Å². The Morgan fingerprint density at radius 2 is 2.47 bits per heavy atom. The Labute approximate surface area is 87.7 Å². The second kappa shape index (κ2) is 3.55. The van der Waals surface area contributed by atoms with E-state index in [1.165, 1.54) is 12.8 Å². The van der Waals surface area contributed by atoms with Crippen molar-refractivity contribution in [3.63, 3.8) is 0 Å². The molecule has 0 radical (unpaired) electrons. The molecule has 1 saturated carbocycles. The van der Waals surface area contributed by atoms with Crippen LogP contribution in [0.25, 0.3) is 11.6 Å². The molecule has 4 nitrogen and oxygen atoms in total. The summed E-state index contributed by atoms with van der Waals surface area (Å²) in [5, 5.41) is 3.43. The molecule has 2 N–H and O–H groups in total. The number of aromatic amines is 1. The summed E-state index contributed by atoms with van der Waals surface area (Å²) >= 11 is 0. The second-order valence-corrected chi connectivity index (χ2v) is 3.89. The fraction of sp³-hybridized carbons (Fsp3) is 0.364. The van der Waals surface area contributed by atoms with E-state index in [1.54, 1.807) is 6.26 Å². The standard InChI is InChI=1S/C11H13N3O/c1-2-10(15-5-1)11-13-7-9(14-11)6-12-8-3-4-8/h1-2,5,7-8,12H,3-4,6H2,(H,13,14). The SMILES string of the molecule is c1coc(-c2ncc(CNC3CC3)[nH]2)c1. The van der Waals surface area contributed by atoms with Crippen LogP contribution in [0.4, 0.5) is 0 Å². The van der Waals surface area contributed by atoms with Crippen LogP contribution in [0.2, 0.25) is 0 Å². The molecule has 1 aliphatic carbocycles. The third-order valence-electron chi connectivity index (χ3n) is 2.54. The Hall–Kier alpha value is -1.55. The number of rotatable bonds is 4. The lowest BCUT2D eigenvalue weighted by Crippen LogP contribution is -2.15. The maximum atomic E-state index is 5.26. The van der Waals surface area contributed by atoms with Gasteiger partial charge in [0.2, 0.25) is 0 Å². The van der Waals surface area contributed by atoms with E-state index < -0.39 is 0 Å². The van der Waals surface area contributed by atoms with Crippen LogP contribution in [0, 0.1) is 0 Å². The van der Waals surface area contributed by atoms with E-state index in [4.69, 9.17) is 4.42 Å². The van der Waals surface area contributed by atoms with Gasteiger partial charge in [0.15, 0.2) is 11.6 Å². The topological polar surface area (TPSA) is 53.9 Å². The first-order chi connectivity index (χ1) is 7.42. The number of furan rings is 1. The minimum absolute atomic E-state index is 0.723. The summed E-state index contributed by atoms with van der Waals surface area (Å²) in [5.41, 5.74) is 1.10. The van der Waals surface area contributed by atoms with Gasteiger partial charge in [-0.25, -0.2) is 4.98 Å². The molecule has 0 spiro atoms. The summed E-state index contributed by atoms with van der Waals surface area (Å²) in [7, 11) is 0. The van der Waals surface area contributed by atoms with Crippen molar-refractivity contribution in [2.24, 2.45) is 0 Å². The molecule has 1 aliphatic rings. The monoisotopic (exact) mass is 203 g/mol. The first-order valence-electron chi connectivity index (χ1n) is 5.23. The molecule has 0 aromatic carbocycles. The lowest BCUT2D eigenvalue weighted by molar-refractivity contribution is 0.577. The second-order valence-electron chi connectivity index (χ2n) is 3.89. The molecule has 2 aromatic rings. The molecule has 2 heterocycles. The van der Waals surface area contributed by atoms with Gasteiger partial charge in [-0.2, -0.15) is 0 Å². The van der Waals surface area contributed by atoms with E-state index in [0.29, 0.717) is 0 Å². The summed E-state index contributed by atoms with van der Waals surface area (Å²) in [6.45, 7) is 0.859. The van der Waals surface area contributed by atoms with Crippen molar-refractivity contribution in [1.29, 1.82) is 0 Å². The summed E-state index contributed by atoms with van der Waals surface area (Å²) in [5.74, 6) is 1.58. The average molecular weight is 203 g/mol. The third-order valence-corrected chi connectivity index (χ3v) is 2.54. The van der Waals surface area contributed by atoms with Crippen molar-refractivity contribution in [2.45, 2.75) is 25.4 Å². The van der Waals surface area contributed by atoms with Crippen molar-refractivity contribution < 1.29 is 4.42 Å². The molecule has 0 aliphatic heterocycles. The summed E-state index contributed by atoms with van der Waals surface area (Å²) < 4.78 is 5.26. The minimum Gasteiger partial charge on any atom is -0.461 e. The van der Waals surface area contributed by atoms with Crippen LogP contribution >= 0.6 is 0 Å². The maximum Gasteiger partial charge on any atom is 0.173 e. The highest BCUT2D eigenvalue weighted by Gasteiger charge is 2.20. The Morgan fingerprint density at radius 3 is 3.20 bits per heavy atom. The van der Waals surface area contributed by atoms with Gasteiger partial charge >= 0.3 is 0 Å². The van der Waals surface area contributed by atoms with Gasteiger partial charge in [-0.15, -0.1) is 0 Å². The Kier molecular flexibility index (Phi) is 2.07. The highest BCUT2D eigenvalue weighted by atomic mass is 16.3. The van der Waals surface area contributed by atoms with Gasteiger partial charge in [0.05, 0.1) is 12.5 Å². The Morgan fingerprint density at radius 1 is 1.53 bits per heavy atom. The Bertz CT molecular complexity index is 428. The van der Waals surface area contributed by atoms with Gasteiger partial charge < -0.3 is 14.7 Å². The molecule has 0 atom stereocenters. The molecular formula is C11H13N3O. The first-order valence-corrected chi connectivity index (χ1v) is 5.23. The molecule has 78 valence electrons. The molecule has 0 amide bonds. The largest absolute Gasteiger partial charge is 0.461 e. The van der Waals surface area contributed by atoms with Gasteiger partial charge in [0.1, 0.15) is 0 Å². The number of H-pyrrole nitrogens is 1. The zero-order valence-corrected chi connectivity index (χ0v) is 8.36. The fourth-order valence-corrected chi connectivity index (χ4v) is 1.53. The molecule has 2 aromatic heterocycles. The van der Waals surface area contributed by atoms with Gasteiger partial charge in [-0.1, -0.05) is 0 Å². The van der Waals surface area contributed by atoms with E-state index in [-0.39, 0.29) is 0 Å². The van der Waals surface area contributed by atoms with E-state index in [1.807, 2.05) is 18.3 Å². The molecule has 4 heteroatoms. The van der Waals surface area contributed by atoms with Crippen LogP contribution in [-0.2, 0) is 6.54 Å². The van der Waals surface area contributed by atoms with Crippen LogP contribution in [-0.4, -0.2) is 16.0 Å². The number of hydrogen-bond donors (Lipinski definition) is 2. The molecule has 1 fully saturated rings. The number of hydrogen-bond acceptors (Lipinski definition) is 3. The summed E-state index contributed by atoms with van der Waals surface area (Å²) in [6.07, 6.45) is 6.12. The third kappa shape index (κ3) is 1.94. The van der Waals surface area contributed by atoms with Gasteiger partial charge in [0.25, 0.3) is 0 Å². The highest BCUT2D eigenvalue weighted by molar-refractivity contribution is 5.46. The van der Waals surface area contributed by atoms with E-state index in [9.17, 15) is 0 Å². The molecule has 3 rings (SSSR count). The fourth-order valence-electron chi connectivity index (χ4n) is 1.53. The number of aromatic nitrogens is 2. The highest BCUT2D eigenvalue weighted by Crippen LogP contribution is 2.20. The van der Waals surface area contributed by atoms with Gasteiger partial charge in [-0.3, -0.25) is 0 Å².